The minimum absolute atomic E-state index is 0.0196. The fourth-order valence-electron chi connectivity index (χ4n) is 6.89. The highest BCUT2D eigenvalue weighted by Gasteiger charge is 2.59. The molecule has 0 unspecified atom stereocenters. The third-order valence-corrected chi connectivity index (χ3v) is 8.33. The molecule has 0 amide bonds. The zero-order chi connectivity index (χ0) is 24.6. The van der Waals surface area contributed by atoms with Crippen LogP contribution in [0, 0.1) is 34.5 Å². The van der Waals surface area contributed by atoms with E-state index in [2.05, 4.69) is 13.8 Å². The molecule has 0 spiro atoms. The van der Waals surface area contributed by atoms with Gasteiger partial charge in [-0.15, -0.1) is 0 Å². The van der Waals surface area contributed by atoms with Crippen molar-refractivity contribution in [3.8, 4) is 0 Å². The number of fused-ring (bicyclic) bond motifs is 5. The standard InChI is InChI=1S/C23H34O3/c1-14(2)21(25)26-20-8-7-18-17-6-5-15-13-16(24)9-11-22(15,3)19(17)10-12-23(18,20)4/h13-14,17-20H,5-12H2,1-4H3/t17-,18-,19-,20-,22-,23-/m0/s1/i1D3,2D3,14D. The Bertz CT molecular complexity index is 862. The molecule has 3 saturated carbocycles. The van der Waals surface area contributed by atoms with Gasteiger partial charge in [0.1, 0.15) is 6.10 Å². The fraction of sp³-hybridized carbons (Fsp3) is 0.826. The Kier molecular flexibility index (Phi) is 2.78. The van der Waals surface area contributed by atoms with E-state index in [0.29, 0.717) is 24.7 Å². The van der Waals surface area contributed by atoms with Crippen molar-refractivity contribution in [2.24, 2.45) is 34.5 Å². The molecule has 0 aromatic rings. The van der Waals surface area contributed by atoms with E-state index >= 15 is 0 Å². The van der Waals surface area contributed by atoms with Crippen LogP contribution in [0.15, 0.2) is 11.6 Å². The lowest BCUT2D eigenvalue weighted by Gasteiger charge is -2.57. The van der Waals surface area contributed by atoms with Crippen LogP contribution in [0.3, 0.4) is 0 Å². The Morgan fingerprint density at radius 2 is 2.00 bits per heavy atom. The molecule has 0 aromatic heterocycles. The van der Waals surface area contributed by atoms with E-state index in [1.165, 1.54) is 5.57 Å². The zero-order valence-electron chi connectivity index (χ0n) is 22.8. The van der Waals surface area contributed by atoms with Crippen LogP contribution in [0.25, 0.3) is 0 Å². The summed E-state index contributed by atoms with van der Waals surface area (Å²) in [6, 6.07) is 0. The molecule has 0 bridgehead atoms. The van der Waals surface area contributed by atoms with Crippen LogP contribution in [-0.4, -0.2) is 17.9 Å². The summed E-state index contributed by atoms with van der Waals surface area (Å²) in [7, 11) is 0. The molecular formula is C23H34O3. The minimum atomic E-state index is -3.33. The molecule has 4 aliphatic rings. The van der Waals surface area contributed by atoms with Gasteiger partial charge >= 0.3 is 5.97 Å². The second kappa shape index (κ2) is 6.21. The van der Waals surface area contributed by atoms with Crippen LogP contribution in [-0.2, 0) is 14.3 Å². The average Bonchev–Trinajstić information content (AvgIpc) is 3.02. The molecule has 0 heterocycles. The average molecular weight is 366 g/mol. The van der Waals surface area contributed by atoms with Gasteiger partial charge in [-0.05, 0) is 74.2 Å². The number of hydrogen-bond donors (Lipinski definition) is 0. The lowest BCUT2D eigenvalue weighted by atomic mass is 9.47. The van der Waals surface area contributed by atoms with Crippen molar-refractivity contribution in [2.75, 3.05) is 0 Å². The first-order chi connectivity index (χ1) is 15.1. The Hall–Kier alpha value is -1.12. The van der Waals surface area contributed by atoms with E-state index in [1.807, 2.05) is 6.08 Å². The first-order valence-electron chi connectivity index (χ1n) is 13.5. The number of esters is 1. The maximum Gasteiger partial charge on any atom is 0.308 e. The molecule has 4 aliphatic carbocycles. The maximum absolute atomic E-state index is 12.9. The first-order valence-corrected chi connectivity index (χ1v) is 10.0. The highest BCUT2D eigenvalue weighted by Crippen LogP contribution is 2.65. The predicted octanol–water partition coefficient (Wildman–Crippen LogP) is 5.09. The number of hydrogen-bond acceptors (Lipinski definition) is 3. The quantitative estimate of drug-likeness (QED) is 0.640. The maximum atomic E-state index is 12.9. The summed E-state index contributed by atoms with van der Waals surface area (Å²) >= 11 is 0. The van der Waals surface area contributed by atoms with E-state index in [-0.39, 0.29) is 22.5 Å². The monoisotopic (exact) mass is 365 g/mol. The second-order valence-corrected chi connectivity index (χ2v) is 9.36. The third-order valence-electron chi connectivity index (χ3n) is 8.33. The SMILES string of the molecule is [2H]C([2H])([2H])C([2H])(C(=O)O[C@H]1CC[C@H]2[C@@H]3CCC4=CC(=O)CC[C@]4(C)[C@H]3CC[C@]12C)C([2H])([2H])[2H]. The van der Waals surface area contributed by atoms with Gasteiger partial charge < -0.3 is 4.74 Å². The Morgan fingerprint density at radius 1 is 1.19 bits per heavy atom. The summed E-state index contributed by atoms with van der Waals surface area (Å²) in [5, 5.41) is 0. The van der Waals surface area contributed by atoms with Crippen LogP contribution in [0.5, 0.6) is 0 Å². The third kappa shape index (κ3) is 2.60. The largest absolute Gasteiger partial charge is 0.462 e. The van der Waals surface area contributed by atoms with Crippen LogP contribution >= 0.6 is 0 Å². The van der Waals surface area contributed by atoms with Crippen molar-refractivity contribution < 1.29 is 23.9 Å². The van der Waals surface area contributed by atoms with Gasteiger partial charge in [-0.1, -0.05) is 33.1 Å². The molecule has 3 nitrogen and oxygen atoms in total. The minimum Gasteiger partial charge on any atom is -0.462 e. The summed E-state index contributed by atoms with van der Waals surface area (Å²) in [5.74, 6) is -3.39. The predicted molar refractivity (Wildman–Crippen MR) is 101 cm³/mol. The molecule has 4 rings (SSSR count). The molecule has 0 saturated heterocycles. The van der Waals surface area contributed by atoms with Crippen LogP contribution in [0.4, 0.5) is 0 Å². The van der Waals surface area contributed by atoms with E-state index in [0.717, 1.165) is 38.5 Å². The van der Waals surface area contributed by atoms with Gasteiger partial charge in [0.2, 0.25) is 0 Å². The number of allylic oxidation sites excluding steroid dienone is 1. The molecule has 3 fully saturated rings. The fourth-order valence-corrected chi connectivity index (χ4v) is 6.89. The zero-order valence-corrected chi connectivity index (χ0v) is 15.8. The summed E-state index contributed by atoms with van der Waals surface area (Å²) in [6.07, 6.45) is 7.70. The number of carbonyl (C=O) groups is 2. The van der Waals surface area contributed by atoms with Crippen molar-refractivity contribution in [3.63, 3.8) is 0 Å². The van der Waals surface area contributed by atoms with Crippen molar-refractivity contribution in [2.45, 2.75) is 85.0 Å². The Labute approximate surface area is 167 Å². The molecular weight excluding hydrogens is 324 g/mol. The van der Waals surface area contributed by atoms with Gasteiger partial charge in [-0.3, -0.25) is 9.59 Å². The molecule has 6 atom stereocenters. The van der Waals surface area contributed by atoms with Crippen molar-refractivity contribution in [3.05, 3.63) is 11.6 Å². The molecule has 0 aliphatic heterocycles. The van der Waals surface area contributed by atoms with Gasteiger partial charge in [-0.2, -0.15) is 0 Å². The van der Waals surface area contributed by atoms with Crippen molar-refractivity contribution >= 4 is 11.8 Å². The van der Waals surface area contributed by atoms with Gasteiger partial charge in [0.15, 0.2) is 5.78 Å². The van der Waals surface area contributed by atoms with E-state index in [9.17, 15) is 9.59 Å². The Balaban J connectivity index is 1.57. The van der Waals surface area contributed by atoms with Gasteiger partial charge in [0.25, 0.3) is 0 Å². The molecule has 0 aromatic carbocycles. The number of carbonyl (C=O) groups excluding carboxylic acids is 2. The molecule has 144 valence electrons. The number of ketones is 1. The highest BCUT2D eigenvalue weighted by atomic mass is 16.5. The molecule has 26 heavy (non-hydrogen) atoms. The second-order valence-electron chi connectivity index (χ2n) is 9.36. The molecule has 0 radical (unpaired) electrons. The number of ether oxygens (including phenoxy) is 1. The van der Waals surface area contributed by atoms with Gasteiger partial charge in [0, 0.05) is 21.4 Å². The highest BCUT2D eigenvalue weighted by molar-refractivity contribution is 5.91. The van der Waals surface area contributed by atoms with E-state index < -0.39 is 31.7 Å². The van der Waals surface area contributed by atoms with Crippen molar-refractivity contribution in [1.29, 1.82) is 0 Å². The lowest BCUT2D eigenvalue weighted by Crippen LogP contribution is -2.51. The van der Waals surface area contributed by atoms with Crippen LogP contribution in [0.1, 0.15) is 88.5 Å². The molecule has 0 N–H and O–H groups in total. The van der Waals surface area contributed by atoms with E-state index in [4.69, 9.17) is 14.3 Å². The number of rotatable bonds is 2. The van der Waals surface area contributed by atoms with Crippen LogP contribution < -0.4 is 0 Å². The summed E-state index contributed by atoms with van der Waals surface area (Å²) in [6.45, 7) is -2.29. The summed E-state index contributed by atoms with van der Waals surface area (Å²) in [5.41, 5.74) is 0.925. The first kappa shape index (κ1) is 11.7. The Morgan fingerprint density at radius 3 is 2.77 bits per heavy atom. The van der Waals surface area contributed by atoms with E-state index in [1.54, 1.807) is 0 Å². The summed E-state index contributed by atoms with van der Waals surface area (Å²) in [4.78, 5) is 24.9. The van der Waals surface area contributed by atoms with Crippen molar-refractivity contribution in [1.82, 2.24) is 0 Å². The lowest BCUT2D eigenvalue weighted by molar-refractivity contribution is -0.163. The topological polar surface area (TPSA) is 43.4 Å². The van der Waals surface area contributed by atoms with Crippen LogP contribution in [0.2, 0.25) is 0 Å². The molecule has 3 heteroatoms. The van der Waals surface area contributed by atoms with Gasteiger partial charge in [0.05, 0.1) is 5.89 Å². The van der Waals surface area contributed by atoms with Gasteiger partial charge in [-0.25, -0.2) is 0 Å². The normalized spacial score (nSPS) is 50.2. The smallest absolute Gasteiger partial charge is 0.308 e. The summed E-state index contributed by atoms with van der Waals surface area (Å²) < 4.78 is 59.2.